The summed E-state index contributed by atoms with van der Waals surface area (Å²) in [5.41, 5.74) is 1.64. The molecule has 0 saturated carbocycles. The van der Waals surface area contributed by atoms with Crippen LogP contribution in [0.15, 0.2) is 59.2 Å². The molecule has 1 heterocycles. The average molecular weight is 314 g/mol. The van der Waals surface area contributed by atoms with E-state index >= 15 is 0 Å². The van der Waals surface area contributed by atoms with E-state index in [-0.39, 0.29) is 11.6 Å². The van der Waals surface area contributed by atoms with Gasteiger partial charge in [0.15, 0.2) is 5.70 Å². The number of ether oxygens (including phenoxy) is 2. The number of cyclic esters (lactones) is 1. The van der Waals surface area contributed by atoms with Crippen LogP contribution in [0.1, 0.15) is 11.1 Å². The summed E-state index contributed by atoms with van der Waals surface area (Å²) < 4.78 is 10.3. The Morgan fingerprint density at radius 2 is 1.86 bits per heavy atom. The molecule has 3 rings (SSSR count). The Morgan fingerprint density at radius 1 is 1.14 bits per heavy atom. The smallest absolute Gasteiger partial charge is 0.363 e. The van der Waals surface area contributed by atoms with Gasteiger partial charge in [-0.15, -0.1) is 0 Å². The minimum atomic E-state index is -0.495. The first-order valence-corrected chi connectivity index (χ1v) is 6.96. The van der Waals surface area contributed by atoms with Gasteiger partial charge in [0.1, 0.15) is 5.75 Å². The fourth-order valence-electron chi connectivity index (χ4n) is 2.01. The van der Waals surface area contributed by atoms with Gasteiger partial charge in [-0.25, -0.2) is 9.79 Å². The van der Waals surface area contributed by atoms with E-state index in [0.29, 0.717) is 10.6 Å². The summed E-state index contributed by atoms with van der Waals surface area (Å²) in [4.78, 5) is 16.2. The quantitative estimate of drug-likeness (QED) is 0.641. The van der Waals surface area contributed by atoms with E-state index < -0.39 is 5.97 Å². The van der Waals surface area contributed by atoms with E-state index in [2.05, 4.69) is 4.99 Å². The molecule has 0 fully saturated rings. The normalized spacial score (nSPS) is 15.6. The number of carbonyl (C=O) groups is 1. The number of methoxy groups -OCH3 is 1. The standard InChI is InChI=1S/C17H12ClNO3/c1-21-13-8-6-11(7-9-13)16-19-15(17(20)22-16)10-12-4-2-3-5-14(12)18/h2-10H,1H3/b15-10-. The largest absolute Gasteiger partial charge is 0.497 e. The van der Waals surface area contributed by atoms with Crippen molar-refractivity contribution in [2.45, 2.75) is 0 Å². The summed E-state index contributed by atoms with van der Waals surface area (Å²) in [6, 6.07) is 14.3. The van der Waals surface area contributed by atoms with Gasteiger partial charge in [-0.2, -0.15) is 0 Å². The van der Waals surface area contributed by atoms with Gasteiger partial charge < -0.3 is 9.47 Å². The van der Waals surface area contributed by atoms with Gasteiger partial charge in [-0.05, 0) is 42.0 Å². The molecule has 2 aromatic rings. The van der Waals surface area contributed by atoms with Crippen LogP contribution in [-0.2, 0) is 9.53 Å². The zero-order chi connectivity index (χ0) is 15.5. The Balaban J connectivity index is 1.92. The van der Waals surface area contributed by atoms with Crippen molar-refractivity contribution in [2.24, 2.45) is 4.99 Å². The molecule has 2 aromatic carbocycles. The Bertz CT molecular complexity index is 779. The van der Waals surface area contributed by atoms with Gasteiger partial charge in [0.25, 0.3) is 0 Å². The molecule has 0 unspecified atom stereocenters. The lowest BCUT2D eigenvalue weighted by atomic mass is 10.2. The fourth-order valence-corrected chi connectivity index (χ4v) is 2.20. The molecule has 0 radical (unpaired) electrons. The molecule has 0 atom stereocenters. The molecule has 0 bridgehead atoms. The van der Waals surface area contributed by atoms with Gasteiger partial charge in [0, 0.05) is 10.6 Å². The summed E-state index contributed by atoms with van der Waals surface area (Å²) in [6.07, 6.45) is 1.61. The fraction of sp³-hybridized carbons (Fsp3) is 0.0588. The van der Waals surface area contributed by atoms with Crippen LogP contribution >= 0.6 is 11.6 Å². The summed E-state index contributed by atoms with van der Waals surface area (Å²) in [6.45, 7) is 0. The van der Waals surface area contributed by atoms with E-state index in [4.69, 9.17) is 21.1 Å². The van der Waals surface area contributed by atoms with Crippen LogP contribution in [0.3, 0.4) is 0 Å². The Kier molecular flexibility index (Phi) is 3.94. The van der Waals surface area contributed by atoms with Crippen LogP contribution < -0.4 is 4.74 Å². The van der Waals surface area contributed by atoms with Crippen molar-refractivity contribution >= 4 is 29.5 Å². The van der Waals surface area contributed by atoms with Gasteiger partial charge in [0.05, 0.1) is 7.11 Å². The molecule has 110 valence electrons. The van der Waals surface area contributed by atoms with Crippen molar-refractivity contribution in [2.75, 3.05) is 7.11 Å². The summed E-state index contributed by atoms with van der Waals surface area (Å²) >= 11 is 6.08. The Hall–Kier alpha value is -2.59. The second kappa shape index (κ2) is 6.03. The molecule has 22 heavy (non-hydrogen) atoms. The van der Waals surface area contributed by atoms with Crippen molar-refractivity contribution in [1.82, 2.24) is 0 Å². The van der Waals surface area contributed by atoms with Crippen LogP contribution in [-0.4, -0.2) is 19.0 Å². The van der Waals surface area contributed by atoms with Crippen LogP contribution in [0.5, 0.6) is 5.75 Å². The third kappa shape index (κ3) is 2.87. The van der Waals surface area contributed by atoms with Crippen LogP contribution in [0, 0.1) is 0 Å². The average Bonchev–Trinajstić information content (AvgIpc) is 2.91. The van der Waals surface area contributed by atoms with Crippen LogP contribution in [0.25, 0.3) is 6.08 Å². The number of carbonyl (C=O) groups excluding carboxylic acids is 1. The monoisotopic (exact) mass is 313 g/mol. The molecule has 0 aliphatic carbocycles. The van der Waals surface area contributed by atoms with Crippen LogP contribution in [0.2, 0.25) is 5.02 Å². The highest BCUT2D eigenvalue weighted by molar-refractivity contribution is 6.32. The first kappa shape index (κ1) is 14.4. The predicted molar refractivity (Wildman–Crippen MR) is 85.1 cm³/mol. The van der Waals surface area contributed by atoms with Crippen molar-refractivity contribution in [3.05, 3.63) is 70.4 Å². The van der Waals surface area contributed by atoms with Gasteiger partial charge >= 0.3 is 5.97 Å². The van der Waals surface area contributed by atoms with Gasteiger partial charge in [0.2, 0.25) is 5.90 Å². The SMILES string of the molecule is COc1ccc(C2=N/C(=C\c3ccccc3Cl)C(=O)O2)cc1. The number of esters is 1. The second-order valence-electron chi connectivity index (χ2n) is 4.59. The molecule has 4 nitrogen and oxygen atoms in total. The Morgan fingerprint density at radius 3 is 2.55 bits per heavy atom. The lowest BCUT2D eigenvalue weighted by molar-refractivity contribution is -0.129. The molecule has 1 aliphatic rings. The molecular formula is C17H12ClNO3. The minimum Gasteiger partial charge on any atom is -0.497 e. The first-order chi connectivity index (χ1) is 10.7. The van der Waals surface area contributed by atoms with Crippen molar-refractivity contribution in [3.8, 4) is 5.75 Å². The zero-order valence-electron chi connectivity index (χ0n) is 11.7. The highest BCUT2D eigenvalue weighted by atomic mass is 35.5. The summed E-state index contributed by atoms with van der Waals surface area (Å²) in [7, 11) is 1.59. The maximum absolute atomic E-state index is 11.9. The van der Waals surface area contributed by atoms with E-state index in [0.717, 1.165) is 11.3 Å². The number of benzene rings is 2. The number of hydrogen-bond acceptors (Lipinski definition) is 4. The minimum absolute atomic E-state index is 0.221. The first-order valence-electron chi connectivity index (χ1n) is 6.59. The lowest BCUT2D eigenvalue weighted by Gasteiger charge is -2.01. The van der Waals surface area contributed by atoms with E-state index in [9.17, 15) is 4.79 Å². The molecule has 1 aliphatic heterocycles. The van der Waals surface area contributed by atoms with E-state index in [1.807, 2.05) is 18.2 Å². The molecule has 0 spiro atoms. The third-order valence-electron chi connectivity index (χ3n) is 3.15. The number of halogens is 1. The molecule has 0 aromatic heterocycles. The molecular weight excluding hydrogens is 302 g/mol. The van der Waals surface area contributed by atoms with Gasteiger partial charge in [-0.3, -0.25) is 0 Å². The zero-order valence-corrected chi connectivity index (χ0v) is 12.5. The molecule has 0 amide bonds. The highest BCUT2D eigenvalue weighted by Gasteiger charge is 2.24. The van der Waals surface area contributed by atoms with Crippen molar-refractivity contribution in [1.29, 1.82) is 0 Å². The number of hydrogen-bond donors (Lipinski definition) is 0. The second-order valence-corrected chi connectivity index (χ2v) is 4.99. The van der Waals surface area contributed by atoms with Gasteiger partial charge in [-0.1, -0.05) is 29.8 Å². The maximum atomic E-state index is 11.9. The van der Waals surface area contributed by atoms with Crippen molar-refractivity contribution < 1.29 is 14.3 Å². The molecule has 0 N–H and O–H groups in total. The lowest BCUT2D eigenvalue weighted by Crippen LogP contribution is -2.05. The topological polar surface area (TPSA) is 47.9 Å². The molecule has 5 heteroatoms. The highest BCUT2D eigenvalue weighted by Crippen LogP contribution is 2.23. The van der Waals surface area contributed by atoms with Crippen molar-refractivity contribution in [3.63, 3.8) is 0 Å². The predicted octanol–water partition coefficient (Wildman–Crippen LogP) is 3.69. The number of rotatable bonds is 3. The maximum Gasteiger partial charge on any atom is 0.363 e. The summed E-state index contributed by atoms with van der Waals surface area (Å²) in [5.74, 6) is 0.497. The third-order valence-corrected chi connectivity index (χ3v) is 3.50. The molecule has 0 saturated heterocycles. The summed E-state index contributed by atoms with van der Waals surface area (Å²) in [5, 5.41) is 0.552. The van der Waals surface area contributed by atoms with E-state index in [1.165, 1.54) is 0 Å². The van der Waals surface area contributed by atoms with Crippen LogP contribution in [0.4, 0.5) is 0 Å². The number of aliphatic imine (C=N–C) groups is 1. The Labute approximate surface area is 132 Å². The van der Waals surface area contributed by atoms with E-state index in [1.54, 1.807) is 43.5 Å². The number of nitrogens with zero attached hydrogens (tertiary/aromatic N) is 1.